The van der Waals surface area contributed by atoms with E-state index in [1.54, 1.807) is 7.11 Å². The van der Waals surface area contributed by atoms with Gasteiger partial charge in [0.25, 0.3) is 0 Å². The topological polar surface area (TPSA) is 41.8 Å². The van der Waals surface area contributed by atoms with Crippen LogP contribution in [0.25, 0.3) is 0 Å². The molecule has 1 saturated carbocycles. The molecule has 0 spiro atoms. The van der Waals surface area contributed by atoms with E-state index < -0.39 is 8.07 Å². The van der Waals surface area contributed by atoms with Crippen molar-refractivity contribution in [2.45, 2.75) is 58.8 Å². The van der Waals surface area contributed by atoms with E-state index in [0.717, 1.165) is 28.8 Å². The minimum atomic E-state index is -1.64. The highest BCUT2D eigenvalue weighted by Gasteiger charge is 2.27. The van der Waals surface area contributed by atoms with E-state index >= 15 is 0 Å². The molecule has 1 N–H and O–H groups in total. The fourth-order valence-electron chi connectivity index (χ4n) is 3.36. The molecule has 3 unspecified atom stereocenters. The minimum absolute atomic E-state index is 0.361. The first-order valence-corrected chi connectivity index (χ1v) is 12.2. The molecule has 3 atom stereocenters. The van der Waals surface area contributed by atoms with Crippen molar-refractivity contribution >= 4 is 19.5 Å². The van der Waals surface area contributed by atoms with Crippen LogP contribution in [-0.2, 0) is 0 Å². The molecule has 1 aliphatic carbocycles. The van der Waals surface area contributed by atoms with Crippen LogP contribution in [0.15, 0.2) is 17.1 Å². The van der Waals surface area contributed by atoms with Gasteiger partial charge in [-0.15, -0.1) is 0 Å². The van der Waals surface area contributed by atoms with Crippen LogP contribution in [0.2, 0.25) is 19.6 Å². The number of benzene rings is 1. The number of nitrogens with zero attached hydrogens (tertiary/aromatic N) is 1. The number of hydrogen-bond acceptors (Lipinski definition) is 3. The molecule has 4 heteroatoms. The van der Waals surface area contributed by atoms with Crippen LogP contribution in [0.5, 0.6) is 11.5 Å². The molecule has 0 aliphatic heterocycles. The van der Waals surface area contributed by atoms with E-state index in [1.165, 1.54) is 12.8 Å². The van der Waals surface area contributed by atoms with Crippen molar-refractivity contribution in [2.75, 3.05) is 7.11 Å². The second-order valence-electron chi connectivity index (χ2n) is 7.98. The molecule has 0 saturated heterocycles. The standard InChI is InChI=1S/C19H31NO2Si/c1-13-8-7-9-17(14(13)2)20-12-15-10-16(22-3)11-18(19(15)21)23(4,5)6/h10-14,17,21H,7-9H2,1-6H3. The van der Waals surface area contributed by atoms with E-state index in [0.29, 0.717) is 17.7 Å². The zero-order chi connectivity index (χ0) is 17.2. The summed E-state index contributed by atoms with van der Waals surface area (Å²) < 4.78 is 5.43. The largest absolute Gasteiger partial charge is 0.507 e. The van der Waals surface area contributed by atoms with Gasteiger partial charge in [0.15, 0.2) is 0 Å². The van der Waals surface area contributed by atoms with E-state index in [4.69, 9.17) is 9.73 Å². The lowest BCUT2D eigenvalue weighted by Gasteiger charge is -2.31. The summed E-state index contributed by atoms with van der Waals surface area (Å²) in [4.78, 5) is 4.82. The summed E-state index contributed by atoms with van der Waals surface area (Å²) in [7, 11) is 0.0312. The highest BCUT2D eigenvalue weighted by molar-refractivity contribution is 6.89. The molecule has 0 heterocycles. The number of aliphatic imine (C=N–C) groups is 1. The third kappa shape index (κ3) is 4.17. The second-order valence-corrected chi connectivity index (χ2v) is 13.0. The summed E-state index contributed by atoms with van der Waals surface area (Å²) in [5.74, 6) is 2.50. The predicted molar refractivity (Wildman–Crippen MR) is 101 cm³/mol. The van der Waals surface area contributed by atoms with E-state index in [9.17, 15) is 5.11 Å². The zero-order valence-corrected chi connectivity index (χ0v) is 16.4. The molecule has 23 heavy (non-hydrogen) atoms. The number of ether oxygens (including phenoxy) is 1. The molecule has 1 aromatic carbocycles. The minimum Gasteiger partial charge on any atom is -0.507 e. The van der Waals surface area contributed by atoms with Gasteiger partial charge in [-0.1, -0.05) is 46.3 Å². The van der Waals surface area contributed by atoms with Crippen molar-refractivity contribution < 1.29 is 9.84 Å². The Morgan fingerprint density at radius 2 is 1.91 bits per heavy atom. The predicted octanol–water partition coefficient (Wildman–Crippen LogP) is 4.19. The van der Waals surface area contributed by atoms with Crippen LogP contribution in [-0.4, -0.2) is 32.5 Å². The Kier molecular flexibility index (Phi) is 5.56. The van der Waals surface area contributed by atoms with Gasteiger partial charge in [0.2, 0.25) is 0 Å². The lowest BCUT2D eigenvalue weighted by molar-refractivity contribution is 0.242. The molecular formula is C19H31NO2Si. The van der Waals surface area contributed by atoms with Gasteiger partial charge in [0, 0.05) is 11.8 Å². The van der Waals surface area contributed by atoms with E-state index in [1.807, 2.05) is 18.3 Å². The summed E-state index contributed by atoms with van der Waals surface area (Å²) in [6, 6.07) is 4.23. The van der Waals surface area contributed by atoms with Gasteiger partial charge in [0.05, 0.1) is 21.2 Å². The molecule has 128 valence electrons. The summed E-state index contributed by atoms with van der Waals surface area (Å²) in [5.41, 5.74) is 0.784. The van der Waals surface area contributed by atoms with Crippen LogP contribution >= 0.6 is 0 Å². The van der Waals surface area contributed by atoms with Crippen molar-refractivity contribution in [3.63, 3.8) is 0 Å². The first kappa shape index (κ1) is 18.1. The maximum absolute atomic E-state index is 10.7. The van der Waals surface area contributed by atoms with E-state index in [-0.39, 0.29) is 0 Å². The Hall–Kier alpha value is -1.29. The van der Waals surface area contributed by atoms with Gasteiger partial charge in [0.1, 0.15) is 11.5 Å². The van der Waals surface area contributed by atoms with Crippen LogP contribution in [0.1, 0.15) is 38.7 Å². The van der Waals surface area contributed by atoms with Crippen molar-refractivity contribution in [3.05, 3.63) is 17.7 Å². The summed E-state index contributed by atoms with van der Waals surface area (Å²) >= 11 is 0. The number of hydrogen-bond donors (Lipinski definition) is 1. The Labute approximate surface area is 141 Å². The monoisotopic (exact) mass is 333 g/mol. The number of methoxy groups -OCH3 is 1. The van der Waals surface area contributed by atoms with Crippen molar-refractivity contribution in [1.29, 1.82) is 0 Å². The molecule has 1 aliphatic rings. The van der Waals surface area contributed by atoms with Gasteiger partial charge >= 0.3 is 0 Å². The Bertz CT molecular complexity index is 577. The molecule has 0 amide bonds. The molecule has 0 bridgehead atoms. The molecule has 0 radical (unpaired) electrons. The van der Waals surface area contributed by atoms with Gasteiger partial charge in [-0.25, -0.2) is 0 Å². The number of phenolic OH excluding ortho intramolecular Hbond substituents is 1. The van der Waals surface area contributed by atoms with Gasteiger partial charge in [-0.05, 0) is 35.6 Å². The molecule has 0 aromatic heterocycles. The second kappa shape index (κ2) is 7.08. The number of aromatic hydroxyl groups is 1. The molecule has 2 rings (SSSR count). The number of phenols is 1. The van der Waals surface area contributed by atoms with Gasteiger partial charge in [-0.3, -0.25) is 4.99 Å². The average molecular weight is 334 g/mol. The van der Waals surface area contributed by atoms with Crippen molar-refractivity contribution in [3.8, 4) is 11.5 Å². The fourth-order valence-corrected chi connectivity index (χ4v) is 4.79. The van der Waals surface area contributed by atoms with Crippen LogP contribution in [0, 0.1) is 11.8 Å². The Balaban J connectivity index is 2.33. The molecular weight excluding hydrogens is 302 g/mol. The summed E-state index contributed by atoms with van der Waals surface area (Å²) in [6.07, 6.45) is 5.56. The maximum Gasteiger partial charge on any atom is 0.123 e. The SMILES string of the molecule is COc1cc(C=NC2CCCC(C)C2C)c(O)c([Si](C)(C)C)c1. The van der Waals surface area contributed by atoms with Gasteiger partial charge < -0.3 is 9.84 Å². The summed E-state index contributed by atoms with van der Waals surface area (Å²) in [5, 5.41) is 11.7. The zero-order valence-electron chi connectivity index (χ0n) is 15.4. The third-order valence-electron chi connectivity index (χ3n) is 5.23. The average Bonchev–Trinajstić information content (AvgIpc) is 2.48. The Morgan fingerprint density at radius 1 is 1.22 bits per heavy atom. The van der Waals surface area contributed by atoms with Gasteiger partial charge in [-0.2, -0.15) is 0 Å². The fraction of sp³-hybridized carbons (Fsp3) is 0.632. The van der Waals surface area contributed by atoms with Crippen LogP contribution in [0.3, 0.4) is 0 Å². The number of rotatable bonds is 4. The van der Waals surface area contributed by atoms with Crippen molar-refractivity contribution in [1.82, 2.24) is 0 Å². The van der Waals surface area contributed by atoms with Crippen LogP contribution < -0.4 is 9.92 Å². The van der Waals surface area contributed by atoms with E-state index in [2.05, 4.69) is 33.5 Å². The smallest absolute Gasteiger partial charge is 0.123 e. The first-order valence-electron chi connectivity index (χ1n) is 8.68. The summed E-state index contributed by atoms with van der Waals surface area (Å²) in [6.45, 7) is 11.3. The third-order valence-corrected chi connectivity index (χ3v) is 7.22. The Morgan fingerprint density at radius 3 is 2.52 bits per heavy atom. The molecule has 1 aromatic rings. The highest BCUT2D eigenvalue weighted by atomic mass is 28.3. The lowest BCUT2D eigenvalue weighted by Crippen LogP contribution is -2.38. The quantitative estimate of drug-likeness (QED) is 0.663. The molecule has 1 fully saturated rings. The maximum atomic E-state index is 10.7. The lowest BCUT2D eigenvalue weighted by atomic mass is 9.78. The highest BCUT2D eigenvalue weighted by Crippen LogP contribution is 2.32. The van der Waals surface area contributed by atoms with Crippen molar-refractivity contribution in [2.24, 2.45) is 16.8 Å². The first-order chi connectivity index (χ1) is 10.7. The molecule has 3 nitrogen and oxygen atoms in total. The van der Waals surface area contributed by atoms with Crippen LogP contribution in [0.4, 0.5) is 0 Å². The normalized spacial score (nSPS) is 25.7.